The molecule has 28 heavy (non-hydrogen) atoms. The summed E-state index contributed by atoms with van der Waals surface area (Å²) in [6.07, 6.45) is 4.12. The fraction of sp³-hybridized carbons (Fsp3) is 0.583. The number of hydrogen-bond acceptors (Lipinski definition) is 3. The van der Waals surface area contributed by atoms with E-state index in [-0.39, 0.29) is 17.2 Å². The van der Waals surface area contributed by atoms with Crippen molar-refractivity contribution in [2.75, 3.05) is 12.3 Å². The van der Waals surface area contributed by atoms with E-state index in [9.17, 15) is 4.79 Å². The molecule has 3 unspecified atom stereocenters. The second-order valence-corrected chi connectivity index (χ2v) is 9.70. The van der Waals surface area contributed by atoms with Gasteiger partial charge in [0.05, 0.1) is 5.52 Å². The number of nitrogens with two attached hydrogens (primary N) is 1. The maximum absolute atomic E-state index is 12.5. The average molecular weight is 382 g/mol. The van der Waals surface area contributed by atoms with E-state index in [4.69, 9.17) is 5.73 Å². The molecule has 0 bridgehead atoms. The Hall–Kier alpha value is -2.10. The van der Waals surface area contributed by atoms with Gasteiger partial charge in [-0.2, -0.15) is 0 Å². The molecule has 0 spiro atoms. The smallest absolute Gasteiger partial charge is 0.223 e. The van der Waals surface area contributed by atoms with Crippen molar-refractivity contribution >= 4 is 22.6 Å². The summed E-state index contributed by atoms with van der Waals surface area (Å²) in [6, 6.07) is 8.67. The molecule has 1 aromatic heterocycles. The number of nitrogen functional groups attached to an aromatic ring is 1. The summed E-state index contributed by atoms with van der Waals surface area (Å²) >= 11 is 0. The first-order chi connectivity index (χ1) is 13.2. The third-order valence-corrected chi connectivity index (χ3v) is 5.97. The van der Waals surface area contributed by atoms with Gasteiger partial charge in [0.25, 0.3) is 0 Å². The van der Waals surface area contributed by atoms with Crippen molar-refractivity contribution in [3.8, 4) is 0 Å². The zero-order valence-corrected chi connectivity index (χ0v) is 18.0. The van der Waals surface area contributed by atoms with E-state index < -0.39 is 0 Å². The van der Waals surface area contributed by atoms with Crippen molar-refractivity contribution in [1.29, 1.82) is 0 Å². The maximum atomic E-state index is 12.5. The molecule has 0 saturated heterocycles. The second kappa shape index (κ2) is 8.10. The number of benzene rings is 1. The fourth-order valence-corrected chi connectivity index (χ4v) is 3.91. The van der Waals surface area contributed by atoms with Crippen molar-refractivity contribution in [1.82, 2.24) is 10.3 Å². The van der Waals surface area contributed by atoms with E-state index >= 15 is 0 Å². The molecule has 1 aliphatic carbocycles. The Morgan fingerprint density at radius 3 is 2.71 bits per heavy atom. The summed E-state index contributed by atoms with van der Waals surface area (Å²) in [5.41, 5.74) is 9.73. The number of hydrogen-bond donors (Lipinski definition) is 2. The molecular weight excluding hydrogens is 346 g/mol. The molecule has 1 aromatic carbocycles. The minimum Gasteiger partial charge on any atom is -0.383 e. The minimum atomic E-state index is -0.127. The highest BCUT2D eigenvalue weighted by Gasteiger charge is 2.36. The summed E-state index contributed by atoms with van der Waals surface area (Å²) in [4.78, 5) is 17.0. The van der Waals surface area contributed by atoms with Crippen molar-refractivity contribution in [3.63, 3.8) is 0 Å². The molecule has 2 aromatic rings. The zero-order valence-electron chi connectivity index (χ0n) is 18.0. The molecule has 0 radical (unpaired) electrons. The van der Waals surface area contributed by atoms with Crippen molar-refractivity contribution in [2.24, 2.45) is 17.3 Å². The van der Waals surface area contributed by atoms with Crippen molar-refractivity contribution in [3.05, 3.63) is 35.4 Å². The molecule has 3 N–H and O–H groups in total. The third kappa shape index (κ3) is 5.03. The number of amides is 1. The third-order valence-electron chi connectivity index (χ3n) is 5.97. The van der Waals surface area contributed by atoms with Gasteiger partial charge >= 0.3 is 0 Å². The van der Waals surface area contributed by atoms with Crippen LogP contribution in [0.15, 0.2) is 24.3 Å². The van der Waals surface area contributed by atoms with Gasteiger partial charge < -0.3 is 11.1 Å². The molecule has 4 heteroatoms. The van der Waals surface area contributed by atoms with E-state index in [1.807, 2.05) is 6.92 Å². The van der Waals surface area contributed by atoms with Crippen LogP contribution in [-0.2, 0) is 11.2 Å². The van der Waals surface area contributed by atoms with Gasteiger partial charge in [-0.25, -0.2) is 4.98 Å². The number of nitrogens with zero attached hydrogens (tertiary/aromatic N) is 1. The highest BCUT2D eigenvalue weighted by Crippen LogP contribution is 2.49. The maximum Gasteiger partial charge on any atom is 0.223 e. The zero-order chi connectivity index (χ0) is 20.5. The lowest BCUT2D eigenvalue weighted by Crippen LogP contribution is -2.32. The summed E-state index contributed by atoms with van der Waals surface area (Å²) in [6.45, 7) is 11.5. The van der Waals surface area contributed by atoms with Gasteiger partial charge in [-0.05, 0) is 65.8 Å². The molecule has 1 saturated carbocycles. The minimum absolute atomic E-state index is 0.0845. The number of anilines is 1. The Kier molecular flexibility index (Phi) is 5.97. The van der Waals surface area contributed by atoms with Crippen LogP contribution in [0.25, 0.3) is 10.9 Å². The first-order valence-electron chi connectivity index (χ1n) is 10.6. The predicted molar refractivity (Wildman–Crippen MR) is 117 cm³/mol. The number of fused-ring (bicyclic) bond motifs is 1. The average Bonchev–Trinajstić information content (AvgIpc) is 3.40. The van der Waals surface area contributed by atoms with E-state index in [2.05, 4.69) is 62.3 Å². The molecule has 3 rings (SSSR count). The van der Waals surface area contributed by atoms with Gasteiger partial charge in [0.15, 0.2) is 0 Å². The normalized spacial score (nSPS) is 20.2. The van der Waals surface area contributed by atoms with E-state index in [1.165, 1.54) is 18.4 Å². The predicted octanol–water partition coefficient (Wildman–Crippen LogP) is 5.06. The Labute approximate surface area is 169 Å². The van der Waals surface area contributed by atoms with Crippen LogP contribution in [0.1, 0.15) is 70.9 Å². The number of rotatable bonds is 7. The first-order valence-corrected chi connectivity index (χ1v) is 10.6. The van der Waals surface area contributed by atoms with E-state index in [0.717, 1.165) is 28.8 Å². The standard InChI is InChI=1S/C24H35N3O/c1-6-16-14-20(16)17-7-8-21-18(12-17)13-19(22(25)27-21)11-15(2)23(28)26-10-9-24(3,4)5/h7-8,12-13,15-16,20H,6,9-11,14H2,1-5H3,(H2,25,27)(H,26,28). The molecule has 4 nitrogen and oxygen atoms in total. The molecule has 1 fully saturated rings. The van der Waals surface area contributed by atoms with Crippen LogP contribution in [0.5, 0.6) is 0 Å². The fourth-order valence-electron chi connectivity index (χ4n) is 3.91. The second-order valence-electron chi connectivity index (χ2n) is 9.70. The van der Waals surface area contributed by atoms with E-state index in [1.54, 1.807) is 0 Å². The molecule has 1 heterocycles. The highest BCUT2D eigenvalue weighted by atomic mass is 16.1. The molecule has 3 atom stereocenters. The monoisotopic (exact) mass is 381 g/mol. The largest absolute Gasteiger partial charge is 0.383 e. The lowest BCUT2D eigenvalue weighted by Gasteiger charge is -2.19. The molecule has 152 valence electrons. The van der Waals surface area contributed by atoms with Crippen LogP contribution in [0.2, 0.25) is 0 Å². The van der Waals surface area contributed by atoms with Crippen LogP contribution in [0.3, 0.4) is 0 Å². The van der Waals surface area contributed by atoms with Gasteiger partial charge in [-0.15, -0.1) is 0 Å². The number of carbonyl (C=O) groups is 1. The quantitative estimate of drug-likeness (QED) is 0.704. The summed E-state index contributed by atoms with van der Waals surface area (Å²) < 4.78 is 0. The Balaban J connectivity index is 1.69. The van der Waals surface area contributed by atoms with Gasteiger partial charge in [-0.3, -0.25) is 4.79 Å². The summed E-state index contributed by atoms with van der Waals surface area (Å²) in [5.74, 6) is 2.02. The Morgan fingerprint density at radius 1 is 1.32 bits per heavy atom. The van der Waals surface area contributed by atoms with Gasteiger partial charge in [0.2, 0.25) is 5.91 Å². The van der Waals surface area contributed by atoms with Gasteiger partial charge in [-0.1, -0.05) is 47.1 Å². The van der Waals surface area contributed by atoms with Crippen LogP contribution < -0.4 is 11.1 Å². The van der Waals surface area contributed by atoms with Crippen molar-refractivity contribution in [2.45, 2.75) is 66.2 Å². The SMILES string of the molecule is CCC1CC1c1ccc2nc(N)c(CC(C)C(=O)NCCC(C)(C)C)cc2c1. The molecule has 0 aliphatic heterocycles. The molecular formula is C24H35N3O. The summed E-state index contributed by atoms with van der Waals surface area (Å²) in [7, 11) is 0. The lowest BCUT2D eigenvalue weighted by atomic mass is 9.92. The van der Waals surface area contributed by atoms with Crippen LogP contribution in [0.4, 0.5) is 5.82 Å². The first kappa shape index (κ1) is 20.6. The van der Waals surface area contributed by atoms with Gasteiger partial charge in [0.1, 0.15) is 5.82 Å². The summed E-state index contributed by atoms with van der Waals surface area (Å²) in [5, 5.41) is 4.19. The van der Waals surface area contributed by atoms with Crippen LogP contribution >= 0.6 is 0 Å². The number of carbonyl (C=O) groups excluding carboxylic acids is 1. The van der Waals surface area contributed by atoms with Crippen LogP contribution in [0, 0.1) is 17.3 Å². The molecule has 1 amide bonds. The highest BCUT2D eigenvalue weighted by molar-refractivity contribution is 5.83. The van der Waals surface area contributed by atoms with Gasteiger partial charge in [0, 0.05) is 17.8 Å². The Morgan fingerprint density at radius 2 is 2.07 bits per heavy atom. The number of aromatic nitrogens is 1. The van der Waals surface area contributed by atoms with Crippen molar-refractivity contribution < 1.29 is 4.79 Å². The number of nitrogens with one attached hydrogen (secondary N) is 1. The Bertz CT molecular complexity index is 853. The molecule has 1 aliphatic rings. The van der Waals surface area contributed by atoms with Crippen LogP contribution in [-0.4, -0.2) is 17.4 Å². The topological polar surface area (TPSA) is 68.0 Å². The van der Waals surface area contributed by atoms with E-state index in [0.29, 0.717) is 24.7 Å². The number of pyridine rings is 1. The lowest BCUT2D eigenvalue weighted by molar-refractivity contribution is -0.124.